The molecule has 7 nitrogen and oxygen atoms in total. The van der Waals surface area contributed by atoms with Crippen LogP contribution in [0.5, 0.6) is 11.5 Å². The summed E-state index contributed by atoms with van der Waals surface area (Å²) in [7, 11) is 0. The van der Waals surface area contributed by atoms with E-state index in [4.69, 9.17) is 15.2 Å². The van der Waals surface area contributed by atoms with Gasteiger partial charge in [0, 0.05) is 18.0 Å². The number of anilines is 1. The van der Waals surface area contributed by atoms with E-state index in [2.05, 4.69) is 15.3 Å². The molecule has 19 heavy (non-hydrogen) atoms. The van der Waals surface area contributed by atoms with Crippen molar-refractivity contribution in [2.24, 2.45) is 0 Å². The van der Waals surface area contributed by atoms with Crippen molar-refractivity contribution in [1.29, 1.82) is 0 Å². The predicted molar refractivity (Wildman–Crippen MR) is 66.7 cm³/mol. The fraction of sp³-hybridized carbons (Fsp3) is 0.167. The third kappa shape index (κ3) is 2.17. The second kappa shape index (κ2) is 4.52. The number of nitrogens with zero attached hydrogens (tertiary/aromatic N) is 1. The first-order valence-corrected chi connectivity index (χ1v) is 5.68. The molecule has 4 N–H and O–H groups in total. The fourth-order valence-electron chi connectivity index (χ4n) is 1.81. The van der Waals surface area contributed by atoms with Crippen LogP contribution >= 0.6 is 0 Å². The van der Waals surface area contributed by atoms with Crippen molar-refractivity contribution in [3.8, 4) is 11.5 Å². The molecule has 1 aliphatic rings. The van der Waals surface area contributed by atoms with Crippen molar-refractivity contribution in [3.63, 3.8) is 0 Å². The molecule has 0 saturated heterocycles. The van der Waals surface area contributed by atoms with Crippen LogP contribution in [0.15, 0.2) is 24.7 Å². The number of nitrogens with two attached hydrogens (primary N) is 1. The van der Waals surface area contributed by atoms with Gasteiger partial charge in [-0.2, -0.15) is 0 Å². The molecule has 2 aromatic rings. The number of hydrogen-bond donors (Lipinski definition) is 3. The molecular formula is C12H12N4O3. The van der Waals surface area contributed by atoms with Crippen LogP contribution in [0.4, 0.5) is 5.69 Å². The molecule has 0 spiro atoms. The third-order valence-corrected chi connectivity index (χ3v) is 2.78. The summed E-state index contributed by atoms with van der Waals surface area (Å²) in [6, 6.07) is 3.17. The molecular weight excluding hydrogens is 248 g/mol. The average Bonchev–Trinajstić information content (AvgIpc) is 3.05. The zero-order valence-corrected chi connectivity index (χ0v) is 9.97. The summed E-state index contributed by atoms with van der Waals surface area (Å²) < 4.78 is 10.4. The van der Waals surface area contributed by atoms with Gasteiger partial charge < -0.3 is 25.5 Å². The van der Waals surface area contributed by atoms with Crippen LogP contribution in [0, 0.1) is 0 Å². The van der Waals surface area contributed by atoms with Crippen LogP contribution in [0.2, 0.25) is 0 Å². The monoisotopic (exact) mass is 260 g/mol. The Hall–Kier alpha value is -2.70. The molecule has 1 aromatic heterocycles. The van der Waals surface area contributed by atoms with Gasteiger partial charge in [0.05, 0.1) is 24.1 Å². The SMILES string of the molecule is Nc1cc2c(cc1C(=O)NCc1cnc[nH]1)OCO2. The number of rotatable bonds is 3. The van der Waals surface area contributed by atoms with E-state index in [-0.39, 0.29) is 12.7 Å². The first-order valence-electron chi connectivity index (χ1n) is 5.68. The van der Waals surface area contributed by atoms with Gasteiger partial charge in [-0.1, -0.05) is 0 Å². The Labute approximate surface area is 108 Å². The minimum absolute atomic E-state index is 0.147. The number of hydrogen-bond acceptors (Lipinski definition) is 5. The maximum absolute atomic E-state index is 12.0. The number of H-pyrrole nitrogens is 1. The Morgan fingerprint density at radius 3 is 2.95 bits per heavy atom. The van der Waals surface area contributed by atoms with E-state index in [1.54, 1.807) is 24.7 Å². The largest absolute Gasteiger partial charge is 0.454 e. The molecule has 0 bridgehead atoms. The molecule has 0 radical (unpaired) electrons. The Bertz CT molecular complexity index is 610. The highest BCUT2D eigenvalue weighted by atomic mass is 16.7. The number of ether oxygens (including phenoxy) is 2. The first-order chi connectivity index (χ1) is 9.24. The number of carbonyl (C=O) groups is 1. The summed E-state index contributed by atoms with van der Waals surface area (Å²) in [5.41, 5.74) is 7.36. The lowest BCUT2D eigenvalue weighted by Crippen LogP contribution is -2.23. The summed E-state index contributed by atoms with van der Waals surface area (Å²) in [5, 5.41) is 2.75. The number of aromatic amines is 1. The number of nitrogens with one attached hydrogen (secondary N) is 2. The van der Waals surface area contributed by atoms with Crippen LogP contribution in [0.25, 0.3) is 0 Å². The van der Waals surface area contributed by atoms with Crippen molar-refractivity contribution in [2.45, 2.75) is 6.54 Å². The van der Waals surface area contributed by atoms with Crippen LogP contribution in [0.3, 0.4) is 0 Å². The topological polar surface area (TPSA) is 102 Å². The minimum atomic E-state index is -0.273. The highest BCUT2D eigenvalue weighted by Gasteiger charge is 2.19. The molecule has 0 fully saturated rings. The van der Waals surface area contributed by atoms with E-state index in [9.17, 15) is 4.79 Å². The Morgan fingerprint density at radius 2 is 2.21 bits per heavy atom. The molecule has 7 heteroatoms. The Kier molecular flexibility index (Phi) is 2.71. The Morgan fingerprint density at radius 1 is 1.42 bits per heavy atom. The number of amides is 1. The lowest BCUT2D eigenvalue weighted by atomic mass is 10.1. The second-order valence-electron chi connectivity index (χ2n) is 4.05. The summed E-state index contributed by atoms with van der Waals surface area (Å²) in [6.07, 6.45) is 3.19. The molecule has 0 atom stereocenters. The van der Waals surface area contributed by atoms with Gasteiger partial charge in [0.25, 0.3) is 5.91 Å². The number of fused-ring (bicyclic) bond motifs is 1. The van der Waals surface area contributed by atoms with Crippen molar-refractivity contribution >= 4 is 11.6 Å². The highest BCUT2D eigenvalue weighted by molar-refractivity contribution is 6.00. The molecule has 1 aromatic carbocycles. The standard InChI is InChI=1S/C12H12N4O3/c13-9-2-11-10(18-6-19-11)1-8(9)12(17)15-4-7-3-14-5-16-7/h1-3,5H,4,6,13H2,(H,14,16)(H,15,17). The maximum atomic E-state index is 12.0. The maximum Gasteiger partial charge on any atom is 0.253 e. The quantitative estimate of drug-likeness (QED) is 0.703. The summed E-state index contributed by atoms with van der Waals surface area (Å²) in [5.74, 6) is 0.814. The van der Waals surface area contributed by atoms with E-state index in [0.29, 0.717) is 29.3 Å². The molecule has 0 aliphatic carbocycles. The van der Waals surface area contributed by atoms with Crippen molar-refractivity contribution in [3.05, 3.63) is 35.9 Å². The van der Waals surface area contributed by atoms with Crippen LogP contribution in [0.1, 0.15) is 16.1 Å². The number of benzene rings is 1. The van der Waals surface area contributed by atoms with E-state index in [1.807, 2.05) is 0 Å². The lowest BCUT2D eigenvalue weighted by Gasteiger charge is -2.07. The van der Waals surface area contributed by atoms with Crippen molar-refractivity contribution < 1.29 is 14.3 Å². The van der Waals surface area contributed by atoms with Gasteiger partial charge in [-0.15, -0.1) is 0 Å². The summed E-state index contributed by atoms with van der Waals surface area (Å²) >= 11 is 0. The molecule has 98 valence electrons. The lowest BCUT2D eigenvalue weighted by molar-refractivity contribution is 0.0951. The van der Waals surface area contributed by atoms with E-state index in [1.165, 1.54) is 0 Å². The van der Waals surface area contributed by atoms with Crippen LogP contribution < -0.4 is 20.5 Å². The highest BCUT2D eigenvalue weighted by Crippen LogP contribution is 2.35. The normalized spacial score (nSPS) is 12.4. The van der Waals surface area contributed by atoms with Crippen LogP contribution in [-0.4, -0.2) is 22.7 Å². The predicted octanol–water partition coefficient (Wildman–Crippen LogP) is 0.651. The van der Waals surface area contributed by atoms with E-state index in [0.717, 1.165) is 5.69 Å². The molecule has 1 aliphatic heterocycles. The van der Waals surface area contributed by atoms with Crippen molar-refractivity contribution in [1.82, 2.24) is 15.3 Å². The smallest absolute Gasteiger partial charge is 0.253 e. The number of nitrogen functional groups attached to an aromatic ring is 1. The number of imidazole rings is 1. The molecule has 3 rings (SSSR count). The number of carbonyl (C=O) groups excluding carboxylic acids is 1. The molecule has 0 saturated carbocycles. The molecule has 2 heterocycles. The average molecular weight is 260 g/mol. The zero-order chi connectivity index (χ0) is 13.2. The van der Waals surface area contributed by atoms with E-state index < -0.39 is 0 Å². The second-order valence-corrected chi connectivity index (χ2v) is 4.05. The van der Waals surface area contributed by atoms with Gasteiger partial charge in [0.1, 0.15) is 0 Å². The Balaban J connectivity index is 1.76. The van der Waals surface area contributed by atoms with Gasteiger partial charge in [0.15, 0.2) is 11.5 Å². The fourth-order valence-corrected chi connectivity index (χ4v) is 1.81. The zero-order valence-electron chi connectivity index (χ0n) is 9.97. The van der Waals surface area contributed by atoms with E-state index >= 15 is 0 Å². The van der Waals surface area contributed by atoms with Crippen molar-refractivity contribution in [2.75, 3.05) is 12.5 Å². The van der Waals surface area contributed by atoms with Gasteiger partial charge >= 0.3 is 0 Å². The first kappa shape index (κ1) is 11.4. The minimum Gasteiger partial charge on any atom is -0.454 e. The summed E-state index contributed by atoms with van der Waals surface area (Å²) in [4.78, 5) is 18.8. The van der Waals surface area contributed by atoms with Gasteiger partial charge in [-0.25, -0.2) is 4.98 Å². The third-order valence-electron chi connectivity index (χ3n) is 2.78. The van der Waals surface area contributed by atoms with Gasteiger partial charge in [0.2, 0.25) is 6.79 Å². The van der Waals surface area contributed by atoms with Gasteiger partial charge in [-0.05, 0) is 6.07 Å². The molecule has 0 unspecified atom stereocenters. The van der Waals surface area contributed by atoms with Gasteiger partial charge in [-0.3, -0.25) is 4.79 Å². The molecule has 1 amide bonds. The van der Waals surface area contributed by atoms with Crippen LogP contribution in [-0.2, 0) is 6.54 Å². The summed E-state index contributed by atoms with van der Waals surface area (Å²) in [6.45, 7) is 0.501. The number of aromatic nitrogens is 2.